The fourth-order valence-corrected chi connectivity index (χ4v) is 2.96. The van der Waals surface area contributed by atoms with Gasteiger partial charge in [0.1, 0.15) is 11.3 Å². The number of rotatable bonds is 1. The highest BCUT2D eigenvalue weighted by Gasteiger charge is 2.16. The summed E-state index contributed by atoms with van der Waals surface area (Å²) in [6, 6.07) is 16.7. The van der Waals surface area contributed by atoms with E-state index in [0.717, 1.165) is 26.8 Å². The van der Waals surface area contributed by atoms with Crippen molar-refractivity contribution in [2.45, 2.75) is 26.2 Å². The summed E-state index contributed by atoms with van der Waals surface area (Å²) in [5.41, 5.74) is 3.51. The van der Waals surface area contributed by atoms with Gasteiger partial charge in [0.05, 0.1) is 4.47 Å². The maximum absolute atomic E-state index is 5.96. The molecule has 0 fully saturated rings. The SMILES string of the molecule is CC(C)(C)c1ccc(-c2oc3ccccc3c2Br)cc1. The highest BCUT2D eigenvalue weighted by Crippen LogP contribution is 2.38. The fraction of sp³-hybridized carbons (Fsp3) is 0.222. The number of hydrogen-bond acceptors (Lipinski definition) is 1. The molecule has 0 spiro atoms. The molecular weight excluding hydrogens is 312 g/mol. The minimum Gasteiger partial charge on any atom is -0.455 e. The van der Waals surface area contributed by atoms with Crippen LogP contribution < -0.4 is 0 Å². The number of benzene rings is 2. The Morgan fingerprint density at radius 2 is 1.55 bits per heavy atom. The Balaban J connectivity index is 2.09. The van der Waals surface area contributed by atoms with Gasteiger partial charge in [0.2, 0.25) is 0 Å². The van der Waals surface area contributed by atoms with Gasteiger partial charge in [0.25, 0.3) is 0 Å². The van der Waals surface area contributed by atoms with Crippen LogP contribution in [-0.4, -0.2) is 0 Å². The molecular formula is C18H17BrO. The third kappa shape index (κ3) is 2.29. The third-order valence-corrected chi connectivity index (χ3v) is 4.34. The Bertz CT molecular complexity index is 745. The van der Waals surface area contributed by atoms with E-state index in [2.05, 4.69) is 67.0 Å². The first-order chi connectivity index (χ1) is 9.47. The Morgan fingerprint density at radius 1 is 0.900 bits per heavy atom. The minimum atomic E-state index is 0.170. The van der Waals surface area contributed by atoms with E-state index in [1.807, 2.05) is 18.2 Å². The zero-order valence-electron chi connectivity index (χ0n) is 11.9. The average molecular weight is 329 g/mol. The predicted octanol–water partition coefficient (Wildman–Crippen LogP) is 6.16. The molecule has 0 N–H and O–H groups in total. The standard InChI is InChI=1S/C18H17BrO/c1-18(2,3)13-10-8-12(9-11-13)17-16(19)14-6-4-5-7-15(14)20-17/h4-11H,1-3H3. The first-order valence-electron chi connectivity index (χ1n) is 6.75. The smallest absolute Gasteiger partial charge is 0.149 e. The molecule has 0 bridgehead atoms. The van der Waals surface area contributed by atoms with Gasteiger partial charge in [-0.1, -0.05) is 57.2 Å². The summed E-state index contributed by atoms with van der Waals surface area (Å²) in [4.78, 5) is 0. The molecule has 1 heterocycles. The summed E-state index contributed by atoms with van der Waals surface area (Å²) in [5.74, 6) is 0.895. The highest BCUT2D eigenvalue weighted by atomic mass is 79.9. The van der Waals surface area contributed by atoms with E-state index < -0.39 is 0 Å². The molecule has 2 heteroatoms. The maximum atomic E-state index is 5.96. The van der Waals surface area contributed by atoms with Crippen LogP contribution >= 0.6 is 15.9 Å². The summed E-state index contributed by atoms with van der Waals surface area (Å²) in [6.07, 6.45) is 0. The lowest BCUT2D eigenvalue weighted by Gasteiger charge is -2.18. The van der Waals surface area contributed by atoms with Crippen LogP contribution in [0, 0.1) is 0 Å². The van der Waals surface area contributed by atoms with E-state index >= 15 is 0 Å². The monoisotopic (exact) mass is 328 g/mol. The van der Waals surface area contributed by atoms with Crippen molar-refractivity contribution in [3.8, 4) is 11.3 Å². The summed E-state index contributed by atoms with van der Waals surface area (Å²) in [7, 11) is 0. The van der Waals surface area contributed by atoms with Crippen molar-refractivity contribution in [3.63, 3.8) is 0 Å². The topological polar surface area (TPSA) is 13.1 Å². The van der Waals surface area contributed by atoms with Crippen LogP contribution in [0.1, 0.15) is 26.3 Å². The van der Waals surface area contributed by atoms with E-state index in [-0.39, 0.29) is 5.41 Å². The molecule has 1 aromatic heterocycles. The van der Waals surface area contributed by atoms with Crippen LogP contribution in [0.3, 0.4) is 0 Å². The molecule has 102 valence electrons. The van der Waals surface area contributed by atoms with Crippen molar-refractivity contribution in [1.29, 1.82) is 0 Å². The number of fused-ring (bicyclic) bond motifs is 1. The molecule has 0 radical (unpaired) electrons. The molecule has 0 atom stereocenters. The van der Waals surface area contributed by atoms with Gasteiger partial charge in [-0.3, -0.25) is 0 Å². The first-order valence-corrected chi connectivity index (χ1v) is 7.54. The molecule has 20 heavy (non-hydrogen) atoms. The molecule has 2 aromatic carbocycles. The second kappa shape index (κ2) is 4.78. The zero-order valence-corrected chi connectivity index (χ0v) is 13.5. The Hall–Kier alpha value is -1.54. The van der Waals surface area contributed by atoms with Crippen LogP contribution in [-0.2, 0) is 5.41 Å². The lowest BCUT2D eigenvalue weighted by molar-refractivity contribution is 0.590. The molecule has 0 amide bonds. The number of para-hydroxylation sites is 1. The Morgan fingerprint density at radius 3 is 2.15 bits per heavy atom. The molecule has 0 saturated carbocycles. The van der Waals surface area contributed by atoms with Gasteiger partial charge in [-0.25, -0.2) is 0 Å². The number of furan rings is 1. The van der Waals surface area contributed by atoms with Gasteiger partial charge in [-0.15, -0.1) is 0 Å². The largest absolute Gasteiger partial charge is 0.455 e. The normalized spacial score (nSPS) is 12.0. The lowest BCUT2D eigenvalue weighted by Crippen LogP contribution is -2.10. The molecule has 1 nitrogen and oxygen atoms in total. The summed E-state index contributed by atoms with van der Waals surface area (Å²) in [6.45, 7) is 6.66. The third-order valence-electron chi connectivity index (χ3n) is 3.55. The van der Waals surface area contributed by atoms with E-state index in [1.165, 1.54) is 5.56 Å². The Kier molecular flexibility index (Phi) is 3.21. The van der Waals surface area contributed by atoms with E-state index in [1.54, 1.807) is 0 Å². The van der Waals surface area contributed by atoms with Gasteiger partial charge >= 0.3 is 0 Å². The minimum absolute atomic E-state index is 0.170. The molecule has 3 rings (SSSR count). The van der Waals surface area contributed by atoms with Gasteiger partial charge < -0.3 is 4.42 Å². The lowest BCUT2D eigenvalue weighted by atomic mass is 9.86. The van der Waals surface area contributed by atoms with Gasteiger partial charge in [0.15, 0.2) is 0 Å². The van der Waals surface area contributed by atoms with Gasteiger partial charge in [-0.2, -0.15) is 0 Å². The van der Waals surface area contributed by atoms with E-state index in [9.17, 15) is 0 Å². The average Bonchev–Trinajstić information content (AvgIpc) is 2.76. The second-order valence-corrected chi connectivity index (χ2v) is 6.86. The van der Waals surface area contributed by atoms with Crippen LogP contribution in [0.5, 0.6) is 0 Å². The molecule has 3 aromatic rings. The van der Waals surface area contributed by atoms with Crippen molar-refractivity contribution < 1.29 is 4.42 Å². The van der Waals surface area contributed by atoms with Crippen molar-refractivity contribution >= 4 is 26.9 Å². The van der Waals surface area contributed by atoms with Crippen molar-refractivity contribution in [2.75, 3.05) is 0 Å². The Labute approximate surface area is 127 Å². The van der Waals surface area contributed by atoms with Gasteiger partial charge in [-0.05, 0) is 39.0 Å². The molecule has 0 aliphatic heterocycles. The second-order valence-electron chi connectivity index (χ2n) is 6.07. The molecule has 0 aliphatic carbocycles. The van der Waals surface area contributed by atoms with Crippen LogP contribution in [0.15, 0.2) is 57.4 Å². The van der Waals surface area contributed by atoms with Crippen molar-refractivity contribution in [3.05, 3.63) is 58.6 Å². The van der Waals surface area contributed by atoms with Crippen LogP contribution in [0.4, 0.5) is 0 Å². The van der Waals surface area contributed by atoms with E-state index in [4.69, 9.17) is 4.42 Å². The predicted molar refractivity (Wildman–Crippen MR) is 88.1 cm³/mol. The molecule has 0 aliphatic rings. The summed E-state index contributed by atoms with van der Waals surface area (Å²) < 4.78 is 6.99. The van der Waals surface area contributed by atoms with Crippen LogP contribution in [0.2, 0.25) is 0 Å². The molecule has 0 unspecified atom stereocenters. The summed E-state index contributed by atoms with van der Waals surface area (Å²) in [5, 5.41) is 1.11. The summed E-state index contributed by atoms with van der Waals surface area (Å²) >= 11 is 3.65. The van der Waals surface area contributed by atoms with Gasteiger partial charge in [0, 0.05) is 10.9 Å². The highest BCUT2D eigenvalue weighted by molar-refractivity contribution is 9.10. The quantitative estimate of drug-likeness (QED) is 0.521. The van der Waals surface area contributed by atoms with Crippen molar-refractivity contribution in [2.24, 2.45) is 0 Å². The van der Waals surface area contributed by atoms with Crippen molar-refractivity contribution in [1.82, 2.24) is 0 Å². The number of halogens is 1. The zero-order chi connectivity index (χ0) is 14.3. The molecule has 0 saturated heterocycles. The van der Waals surface area contributed by atoms with E-state index in [0.29, 0.717) is 0 Å². The maximum Gasteiger partial charge on any atom is 0.149 e. The fourth-order valence-electron chi connectivity index (χ4n) is 2.32. The van der Waals surface area contributed by atoms with Crippen LogP contribution in [0.25, 0.3) is 22.3 Å². The first kappa shape index (κ1) is 13.4. The number of hydrogen-bond donors (Lipinski definition) is 0.